The summed E-state index contributed by atoms with van der Waals surface area (Å²) in [6.45, 7) is 0.0246. The standard InChI is InChI=1S/C9H13N2O/c10-9(7-12)4-3-8-2-1-5-11-6-8/h1-3,5-6,9,12H,4,7,10H2/t9-/m0/s1. The summed E-state index contributed by atoms with van der Waals surface area (Å²) in [5.74, 6) is 0. The van der Waals surface area contributed by atoms with Crippen LogP contribution in [0.2, 0.25) is 0 Å². The summed E-state index contributed by atoms with van der Waals surface area (Å²) >= 11 is 0. The lowest BCUT2D eigenvalue weighted by Gasteiger charge is -2.06. The Labute approximate surface area is 72.2 Å². The summed E-state index contributed by atoms with van der Waals surface area (Å²) in [7, 11) is 0. The average Bonchev–Trinajstić information content (AvgIpc) is 2.16. The van der Waals surface area contributed by atoms with E-state index in [1.54, 1.807) is 12.4 Å². The quantitative estimate of drug-likeness (QED) is 0.676. The Morgan fingerprint density at radius 3 is 3.08 bits per heavy atom. The van der Waals surface area contributed by atoms with Gasteiger partial charge in [0.2, 0.25) is 0 Å². The molecule has 0 bridgehead atoms. The molecule has 1 rings (SSSR count). The number of nitrogens with two attached hydrogens (primary N) is 1. The summed E-state index contributed by atoms with van der Waals surface area (Å²) in [6, 6.07) is 3.66. The van der Waals surface area contributed by atoms with E-state index < -0.39 is 0 Å². The molecule has 3 nitrogen and oxygen atoms in total. The molecule has 12 heavy (non-hydrogen) atoms. The van der Waals surface area contributed by atoms with Crippen LogP contribution in [0.3, 0.4) is 0 Å². The van der Waals surface area contributed by atoms with E-state index in [1.807, 2.05) is 18.6 Å². The van der Waals surface area contributed by atoms with Crippen LogP contribution in [0.5, 0.6) is 0 Å². The molecule has 0 fully saturated rings. The van der Waals surface area contributed by atoms with Crippen LogP contribution in [0.15, 0.2) is 24.5 Å². The fraction of sp³-hybridized carbons (Fsp3) is 0.333. The molecule has 1 radical (unpaired) electrons. The van der Waals surface area contributed by atoms with Crippen LogP contribution in [0, 0.1) is 6.42 Å². The van der Waals surface area contributed by atoms with Crippen molar-refractivity contribution in [1.29, 1.82) is 0 Å². The molecule has 1 aromatic heterocycles. The highest BCUT2D eigenvalue weighted by Crippen LogP contribution is 2.04. The Morgan fingerprint density at radius 2 is 2.50 bits per heavy atom. The van der Waals surface area contributed by atoms with E-state index in [0.29, 0.717) is 6.42 Å². The normalized spacial score (nSPS) is 12.8. The Balaban J connectivity index is 2.33. The SMILES string of the molecule is N[C@H](CO)C[CH]c1cccnc1. The Bertz CT molecular complexity index is 213. The van der Waals surface area contributed by atoms with Crippen molar-refractivity contribution in [3.05, 3.63) is 36.5 Å². The van der Waals surface area contributed by atoms with E-state index in [2.05, 4.69) is 4.98 Å². The van der Waals surface area contributed by atoms with Crippen LogP contribution in [-0.4, -0.2) is 22.7 Å². The zero-order chi connectivity index (χ0) is 8.81. The fourth-order valence-corrected chi connectivity index (χ4v) is 0.859. The minimum absolute atomic E-state index is 0.0246. The first-order chi connectivity index (χ1) is 5.83. The van der Waals surface area contributed by atoms with E-state index >= 15 is 0 Å². The molecule has 1 aromatic rings. The highest BCUT2D eigenvalue weighted by molar-refractivity contribution is 5.18. The number of hydrogen-bond donors (Lipinski definition) is 2. The highest BCUT2D eigenvalue weighted by atomic mass is 16.3. The number of aromatic nitrogens is 1. The first kappa shape index (κ1) is 9.16. The van der Waals surface area contributed by atoms with Gasteiger partial charge >= 0.3 is 0 Å². The predicted octanol–water partition coefficient (Wildman–Crippen LogP) is 0.344. The van der Waals surface area contributed by atoms with Crippen molar-refractivity contribution in [1.82, 2.24) is 4.98 Å². The van der Waals surface area contributed by atoms with Crippen molar-refractivity contribution in [2.24, 2.45) is 5.73 Å². The Morgan fingerprint density at radius 1 is 1.67 bits per heavy atom. The van der Waals surface area contributed by atoms with Crippen molar-refractivity contribution < 1.29 is 5.11 Å². The molecule has 0 saturated heterocycles. The van der Waals surface area contributed by atoms with E-state index in [1.165, 1.54) is 0 Å². The second kappa shape index (κ2) is 4.85. The molecule has 0 aliphatic heterocycles. The molecule has 3 heteroatoms. The Hall–Kier alpha value is -0.930. The topological polar surface area (TPSA) is 59.1 Å². The number of rotatable bonds is 4. The van der Waals surface area contributed by atoms with Crippen LogP contribution < -0.4 is 5.73 Å². The number of aliphatic hydroxyl groups excluding tert-OH is 1. The minimum atomic E-state index is -0.162. The number of aliphatic hydroxyl groups is 1. The van der Waals surface area contributed by atoms with Crippen LogP contribution in [0.1, 0.15) is 12.0 Å². The van der Waals surface area contributed by atoms with E-state index in [0.717, 1.165) is 5.56 Å². The molecule has 0 aliphatic carbocycles. The van der Waals surface area contributed by atoms with Gasteiger partial charge in [0.1, 0.15) is 0 Å². The average molecular weight is 165 g/mol. The van der Waals surface area contributed by atoms with Crippen molar-refractivity contribution in [3.63, 3.8) is 0 Å². The third-order valence-electron chi connectivity index (χ3n) is 1.58. The zero-order valence-electron chi connectivity index (χ0n) is 6.85. The molecule has 65 valence electrons. The molecular formula is C9H13N2O. The van der Waals surface area contributed by atoms with Gasteiger partial charge in [-0.1, -0.05) is 6.07 Å². The van der Waals surface area contributed by atoms with Gasteiger partial charge in [-0.25, -0.2) is 0 Å². The molecule has 0 aromatic carbocycles. The second-order valence-electron chi connectivity index (χ2n) is 2.67. The fourth-order valence-electron chi connectivity index (χ4n) is 0.859. The van der Waals surface area contributed by atoms with Crippen molar-refractivity contribution >= 4 is 0 Å². The van der Waals surface area contributed by atoms with Crippen molar-refractivity contribution in [2.75, 3.05) is 6.61 Å². The molecule has 0 saturated carbocycles. The third kappa shape index (κ3) is 2.98. The maximum absolute atomic E-state index is 8.65. The molecule has 0 spiro atoms. The lowest BCUT2D eigenvalue weighted by Crippen LogP contribution is -2.24. The molecule has 1 heterocycles. The predicted molar refractivity (Wildman–Crippen MR) is 47.3 cm³/mol. The second-order valence-corrected chi connectivity index (χ2v) is 2.67. The van der Waals surface area contributed by atoms with Gasteiger partial charge in [0, 0.05) is 18.4 Å². The highest BCUT2D eigenvalue weighted by Gasteiger charge is 2.00. The molecule has 3 N–H and O–H groups in total. The lowest BCUT2D eigenvalue weighted by molar-refractivity contribution is 0.265. The van der Waals surface area contributed by atoms with Gasteiger partial charge in [0.15, 0.2) is 0 Å². The number of hydrogen-bond acceptors (Lipinski definition) is 3. The van der Waals surface area contributed by atoms with Crippen LogP contribution in [0.4, 0.5) is 0 Å². The summed E-state index contributed by atoms with van der Waals surface area (Å²) in [5, 5.41) is 8.65. The van der Waals surface area contributed by atoms with Gasteiger partial charge in [-0.15, -0.1) is 0 Å². The van der Waals surface area contributed by atoms with E-state index in [4.69, 9.17) is 10.8 Å². The van der Waals surface area contributed by atoms with Crippen LogP contribution in [0.25, 0.3) is 0 Å². The number of nitrogens with zero attached hydrogens (tertiary/aromatic N) is 1. The first-order valence-electron chi connectivity index (χ1n) is 3.92. The lowest BCUT2D eigenvalue weighted by atomic mass is 10.1. The first-order valence-corrected chi connectivity index (χ1v) is 3.92. The van der Waals surface area contributed by atoms with Gasteiger partial charge in [-0.05, 0) is 24.5 Å². The van der Waals surface area contributed by atoms with Gasteiger partial charge in [0.25, 0.3) is 0 Å². The Kier molecular flexibility index (Phi) is 3.70. The summed E-state index contributed by atoms with van der Waals surface area (Å²) < 4.78 is 0. The summed E-state index contributed by atoms with van der Waals surface area (Å²) in [4.78, 5) is 3.95. The maximum Gasteiger partial charge on any atom is 0.0582 e. The van der Waals surface area contributed by atoms with Gasteiger partial charge < -0.3 is 10.8 Å². The molecule has 1 atom stereocenters. The minimum Gasteiger partial charge on any atom is -0.395 e. The molecule has 0 amide bonds. The third-order valence-corrected chi connectivity index (χ3v) is 1.58. The molecule has 0 unspecified atom stereocenters. The van der Waals surface area contributed by atoms with Gasteiger partial charge in [-0.3, -0.25) is 4.98 Å². The van der Waals surface area contributed by atoms with Gasteiger partial charge in [0.05, 0.1) is 6.61 Å². The largest absolute Gasteiger partial charge is 0.395 e. The zero-order valence-corrected chi connectivity index (χ0v) is 6.85. The number of pyridine rings is 1. The molecular weight excluding hydrogens is 152 g/mol. The summed E-state index contributed by atoms with van der Waals surface area (Å²) in [6.07, 6.45) is 6.14. The van der Waals surface area contributed by atoms with Crippen LogP contribution in [-0.2, 0) is 0 Å². The summed E-state index contributed by atoms with van der Waals surface area (Å²) in [5.41, 5.74) is 6.56. The smallest absolute Gasteiger partial charge is 0.0582 e. The molecule has 0 aliphatic rings. The monoisotopic (exact) mass is 165 g/mol. The van der Waals surface area contributed by atoms with Crippen molar-refractivity contribution in [3.8, 4) is 0 Å². The maximum atomic E-state index is 8.65. The van der Waals surface area contributed by atoms with Crippen molar-refractivity contribution in [2.45, 2.75) is 12.5 Å². The van der Waals surface area contributed by atoms with E-state index in [9.17, 15) is 0 Å². The van der Waals surface area contributed by atoms with Gasteiger partial charge in [-0.2, -0.15) is 0 Å². The van der Waals surface area contributed by atoms with Crippen LogP contribution >= 0.6 is 0 Å². The van der Waals surface area contributed by atoms with E-state index in [-0.39, 0.29) is 12.6 Å².